The van der Waals surface area contributed by atoms with Crippen molar-refractivity contribution in [1.29, 1.82) is 0 Å². The molecule has 2 aromatic carbocycles. The molecule has 0 spiro atoms. The quantitative estimate of drug-likeness (QED) is 0.805. The first-order valence-electron chi connectivity index (χ1n) is 8.30. The Hall–Kier alpha value is -2.79. The Labute approximate surface area is 157 Å². The molecule has 3 rings (SSSR count). The number of amides is 2. The largest absolute Gasteiger partial charge is 0.496 e. The SMILES string of the molecule is COc1ccc(Cl)cc1C=CC(=O)Nc1cccc(N2CCCC2=O)c1. The molecule has 1 heterocycles. The number of rotatable bonds is 5. The van der Waals surface area contributed by atoms with Crippen LogP contribution in [0.2, 0.25) is 5.02 Å². The Morgan fingerprint density at radius 3 is 2.85 bits per heavy atom. The van der Waals surface area contributed by atoms with Crippen LogP contribution in [-0.2, 0) is 9.59 Å². The van der Waals surface area contributed by atoms with Crippen molar-refractivity contribution in [2.75, 3.05) is 23.9 Å². The Balaban J connectivity index is 1.70. The van der Waals surface area contributed by atoms with Crippen LogP contribution in [0.4, 0.5) is 11.4 Å². The summed E-state index contributed by atoms with van der Waals surface area (Å²) in [6, 6.07) is 12.5. The lowest BCUT2D eigenvalue weighted by atomic mass is 10.2. The van der Waals surface area contributed by atoms with Gasteiger partial charge < -0.3 is 15.0 Å². The van der Waals surface area contributed by atoms with E-state index >= 15 is 0 Å². The molecule has 6 heteroatoms. The van der Waals surface area contributed by atoms with Crippen LogP contribution in [-0.4, -0.2) is 25.5 Å². The van der Waals surface area contributed by atoms with E-state index in [2.05, 4.69) is 5.32 Å². The third-order valence-electron chi connectivity index (χ3n) is 4.10. The van der Waals surface area contributed by atoms with Gasteiger partial charge in [-0.25, -0.2) is 0 Å². The Morgan fingerprint density at radius 1 is 1.27 bits per heavy atom. The summed E-state index contributed by atoms with van der Waals surface area (Å²) in [5, 5.41) is 3.37. The van der Waals surface area contributed by atoms with Gasteiger partial charge in [0.1, 0.15) is 5.75 Å². The van der Waals surface area contributed by atoms with Crippen molar-refractivity contribution in [1.82, 2.24) is 0 Å². The number of hydrogen-bond donors (Lipinski definition) is 1. The Bertz CT molecular complexity index is 864. The van der Waals surface area contributed by atoms with Gasteiger partial charge in [0.15, 0.2) is 0 Å². The second kappa shape index (κ2) is 8.06. The lowest BCUT2D eigenvalue weighted by molar-refractivity contribution is -0.117. The van der Waals surface area contributed by atoms with Crippen molar-refractivity contribution in [2.24, 2.45) is 0 Å². The number of anilines is 2. The van der Waals surface area contributed by atoms with Crippen molar-refractivity contribution < 1.29 is 14.3 Å². The number of benzene rings is 2. The second-order valence-corrected chi connectivity index (χ2v) is 6.34. The van der Waals surface area contributed by atoms with E-state index in [4.69, 9.17) is 16.3 Å². The maximum Gasteiger partial charge on any atom is 0.248 e. The van der Waals surface area contributed by atoms with Gasteiger partial charge in [-0.3, -0.25) is 9.59 Å². The van der Waals surface area contributed by atoms with Crippen LogP contribution in [0.3, 0.4) is 0 Å². The van der Waals surface area contributed by atoms with Gasteiger partial charge in [0.25, 0.3) is 0 Å². The molecule has 2 aromatic rings. The van der Waals surface area contributed by atoms with Crippen LogP contribution in [0.5, 0.6) is 5.75 Å². The average Bonchev–Trinajstić information content (AvgIpc) is 3.06. The summed E-state index contributed by atoms with van der Waals surface area (Å²) in [4.78, 5) is 25.8. The smallest absolute Gasteiger partial charge is 0.248 e. The molecule has 0 aliphatic carbocycles. The van der Waals surface area contributed by atoms with Crippen LogP contribution in [0, 0.1) is 0 Å². The highest BCUT2D eigenvalue weighted by atomic mass is 35.5. The normalized spacial score (nSPS) is 14.1. The van der Waals surface area contributed by atoms with E-state index in [-0.39, 0.29) is 11.8 Å². The molecule has 0 aromatic heterocycles. The van der Waals surface area contributed by atoms with E-state index in [1.54, 1.807) is 48.4 Å². The van der Waals surface area contributed by atoms with E-state index in [1.165, 1.54) is 6.08 Å². The molecule has 1 saturated heterocycles. The number of carbonyl (C=O) groups is 2. The lowest BCUT2D eigenvalue weighted by Gasteiger charge is -2.16. The van der Waals surface area contributed by atoms with Crippen molar-refractivity contribution in [3.05, 3.63) is 59.1 Å². The van der Waals surface area contributed by atoms with E-state index < -0.39 is 0 Å². The molecule has 1 aliphatic rings. The van der Waals surface area contributed by atoms with Crippen LogP contribution >= 0.6 is 11.6 Å². The van der Waals surface area contributed by atoms with Crippen molar-refractivity contribution in [2.45, 2.75) is 12.8 Å². The molecule has 134 valence electrons. The number of ether oxygens (including phenoxy) is 1. The Kier molecular flexibility index (Phi) is 5.58. The number of methoxy groups -OCH3 is 1. The van der Waals surface area contributed by atoms with Gasteiger partial charge in [0, 0.05) is 41.0 Å². The fraction of sp³-hybridized carbons (Fsp3) is 0.200. The van der Waals surface area contributed by atoms with Crippen LogP contribution < -0.4 is 15.0 Å². The highest BCUT2D eigenvalue weighted by molar-refractivity contribution is 6.30. The summed E-state index contributed by atoms with van der Waals surface area (Å²) in [6.07, 6.45) is 4.50. The number of nitrogens with one attached hydrogen (secondary N) is 1. The molecule has 2 amide bonds. The summed E-state index contributed by atoms with van der Waals surface area (Å²) < 4.78 is 5.25. The van der Waals surface area contributed by atoms with E-state index in [9.17, 15) is 9.59 Å². The zero-order valence-electron chi connectivity index (χ0n) is 14.4. The third-order valence-corrected chi connectivity index (χ3v) is 4.34. The first-order valence-corrected chi connectivity index (χ1v) is 8.67. The monoisotopic (exact) mass is 370 g/mol. The topological polar surface area (TPSA) is 58.6 Å². The van der Waals surface area contributed by atoms with Gasteiger partial charge in [0.05, 0.1) is 7.11 Å². The highest BCUT2D eigenvalue weighted by Gasteiger charge is 2.21. The number of halogens is 1. The molecule has 5 nitrogen and oxygen atoms in total. The summed E-state index contributed by atoms with van der Waals surface area (Å²) >= 11 is 5.99. The number of nitrogens with zero attached hydrogens (tertiary/aromatic N) is 1. The summed E-state index contributed by atoms with van der Waals surface area (Å²) in [5.41, 5.74) is 2.15. The van der Waals surface area contributed by atoms with E-state index in [0.717, 1.165) is 12.1 Å². The maximum atomic E-state index is 12.2. The van der Waals surface area contributed by atoms with E-state index in [1.807, 2.05) is 12.1 Å². The predicted octanol–water partition coefficient (Wildman–Crippen LogP) is 4.13. The molecule has 0 saturated carbocycles. The van der Waals surface area contributed by atoms with Gasteiger partial charge >= 0.3 is 0 Å². The molecule has 0 bridgehead atoms. The minimum atomic E-state index is -0.281. The fourth-order valence-corrected chi connectivity index (χ4v) is 3.04. The molecule has 1 N–H and O–H groups in total. The van der Waals surface area contributed by atoms with Crippen LogP contribution in [0.25, 0.3) is 6.08 Å². The standard InChI is InChI=1S/C20H19ClN2O3/c1-26-18-9-8-15(21)12-14(18)7-10-19(24)22-16-4-2-5-17(13-16)23-11-3-6-20(23)25/h2,4-5,7-10,12-13H,3,6,11H2,1H3,(H,22,24). The Morgan fingerprint density at radius 2 is 2.12 bits per heavy atom. The minimum Gasteiger partial charge on any atom is -0.496 e. The van der Waals surface area contributed by atoms with Gasteiger partial charge in [-0.1, -0.05) is 17.7 Å². The minimum absolute atomic E-state index is 0.112. The molecular weight excluding hydrogens is 352 g/mol. The zero-order valence-corrected chi connectivity index (χ0v) is 15.1. The molecule has 1 fully saturated rings. The molecule has 26 heavy (non-hydrogen) atoms. The van der Waals surface area contributed by atoms with Gasteiger partial charge in [-0.05, 0) is 48.9 Å². The molecule has 0 radical (unpaired) electrons. The molecule has 0 atom stereocenters. The predicted molar refractivity (Wildman–Crippen MR) is 104 cm³/mol. The zero-order chi connectivity index (χ0) is 18.5. The van der Waals surface area contributed by atoms with Crippen molar-refractivity contribution in [3.8, 4) is 5.75 Å². The second-order valence-electron chi connectivity index (χ2n) is 5.91. The first-order chi connectivity index (χ1) is 12.6. The van der Waals surface area contributed by atoms with E-state index in [0.29, 0.717) is 35.0 Å². The first kappa shape index (κ1) is 18.0. The number of hydrogen-bond acceptors (Lipinski definition) is 3. The average molecular weight is 371 g/mol. The highest BCUT2D eigenvalue weighted by Crippen LogP contribution is 2.25. The van der Waals surface area contributed by atoms with Crippen LogP contribution in [0.15, 0.2) is 48.5 Å². The van der Waals surface area contributed by atoms with Gasteiger partial charge in [-0.2, -0.15) is 0 Å². The third kappa shape index (κ3) is 4.24. The molecule has 1 aliphatic heterocycles. The summed E-state index contributed by atoms with van der Waals surface area (Å²) in [5.74, 6) is 0.464. The fourth-order valence-electron chi connectivity index (χ4n) is 2.86. The van der Waals surface area contributed by atoms with Crippen molar-refractivity contribution in [3.63, 3.8) is 0 Å². The maximum absolute atomic E-state index is 12.2. The molecule has 0 unspecified atom stereocenters. The van der Waals surface area contributed by atoms with Crippen molar-refractivity contribution >= 4 is 40.9 Å². The molecular formula is C20H19ClN2O3. The van der Waals surface area contributed by atoms with Gasteiger partial charge in [0.2, 0.25) is 11.8 Å². The lowest BCUT2D eigenvalue weighted by Crippen LogP contribution is -2.23. The van der Waals surface area contributed by atoms with Crippen LogP contribution in [0.1, 0.15) is 18.4 Å². The summed E-state index contributed by atoms with van der Waals surface area (Å²) in [6.45, 7) is 0.713. The summed E-state index contributed by atoms with van der Waals surface area (Å²) in [7, 11) is 1.56. The number of carbonyl (C=O) groups excluding carboxylic acids is 2. The van der Waals surface area contributed by atoms with Gasteiger partial charge in [-0.15, -0.1) is 0 Å².